The van der Waals surface area contributed by atoms with Crippen molar-refractivity contribution in [3.63, 3.8) is 0 Å². The fourth-order valence-electron chi connectivity index (χ4n) is 3.55. The summed E-state index contributed by atoms with van der Waals surface area (Å²) in [6, 6.07) is 6.95. The van der Waals surface area contributed by atoms with Crippen LogP contribution in [0.2, 0.25) is 0 Å². The molecule has 0 aliphatic carbocycles. The minimum atomic E-state index is -0.341. The summed E-state index contributed by atoms with van der Waals surface area (Å²) in [7, 11) is 2.19. The second-order valence-corrected chi connectivity index (χ2v) is 6.81. The fourth-order valence-corrected chi connectivity index (χ4v) is 3.55. The number of hydrogen-bond donors (Lipinski definition) is 0. The molecule has 2 heterocycles. The summed E-state index contributed by atoms with van der Waals surface area (Å²) in [5.74, 6) is 0.785. The van der Waals surface area contributed by atoms with Crippen molar-refractivity contribution in [3.05, 3.63) is 34.4 Å². The van der Waals surface area contributed by atoms with Crippen molar-refractivity contribution in [1.29, 1.82) is 0 Å². The van der Waals surface area contributed by atoms with Crippen LogP contribution in [0.25, 0.3) is 0 Å². The van der Waals surface area contributed by atoms with Crippen LogP contribution in [0.3, 0.4) is 0 Å². The zero-order chi connectivity index (χ0) is 16.2. The Kier molecular flexibility index (Phi) is 5.13. The Morgan fingerprint density at radius 1 is 1.04 bits per heavy atom. The summed E-state index contributed by atoms with van der Waals surface area (Å²) in [5, 5.41) is 10.7. The summed E-state index contributed by atoms with van der Waals surface area (Å²) >= 11 is 0. The van der Waals surface area contributed by atoms with E-state index in [0.717, 1.165) is 24.7 Å². The van der Waals surface area contributed by atoms with Crippen molar-refractivity contribution >= 4 is 11.4 Å². The van der Waals surface area contributed by atoms with Crippen LogP contribution in [-0.2, 0) is 0 Å². The molecule has 0 radical (unpaired) electrons. The van der Waals surface area contributed by atoms with Gasteiger partial charge in [0.2, 0.25) is 0 Å². The van der Waals surface area contributed by atoms with E-state index >= 15 is 0 Å². The van der Waals surface area contributed by atoms with Gasteiger partial charge in [-0.2, -0.15) is 0 Å². The third-order valence-corrected chi connectivity index (χ3v) is 5.15. The Balaban J connectivity index is 1.47. The largest absolute Gasteiger partial charge is 0.372 e. The molecule has 1 aromatic carbocycles. The highest BCUT2D eigenvalue weighted by atomic mass is 16.6. The van der Waals surface area contributed by atoms with E-state index in [2.05, 4.69) is 21.7 Å². The van der Waals surface area contributed by atoms with E-state index in [1.165, 1.54) is 45.6 Å². The van der Waals surface area contributed by atoms with Gasteiger partial charge in [0.05, 0.1) is 4.92 Å². The van der Waals surface area contributed by atoms with E-state index in [9.17, 15) is 10.1 Å². The molecule has 2 saturated heterocycles. The van der Waals surface area contributed by atoms with Crippen molar-refractivity contribution < 1.29 is 4.92 Å². The van der Waals surface area contributed by atoms with Crippen LogP contribution in [0.15, 0.2) is 24.3 Å². The molecular formula is C17H26N4O2. The third-order valence-electron chi connectivity index (χ3n) is 5.15. The predicted octanol–water partition coefficient (Wildman–Crippen LogP) is 2.06. The van der Waals surface area contributed by atoms with Crippen molar-refractivity contribution in [2.24, 2.45) is 5.92 Å². The quantitative estimate of drug-likeness (QED) is 0.628. The molecule has 3 rings (SSSR count). The molecule has 0 atom stereocenters. The van der Waals surface area contributed by atoms with Crippen LogP contribution >= 0.6 is 0 Å². The van der Waals surface area contributed by atoms with Gasteiger partial charge in [0.25, 0.3) is 5.69 Å². The number of non-ortho nitro benzene ring substituents is 1. The van der Waals surface area contributed by atoms with Gasteiger partial charge < -0.3 is 14.7 Å². The average Bonchev–Trinajstić information content (AvgIpc) is 2.58. The Morgan fingerprint density at radius 3 is 2.22 bits per heavy atom. The molecule has 23 heavy (non-hydrogen) atoms. The Labute approximate surface area is 137 Å². The van der Waals surface area contributed by atoms with E-state index in [0.29, 0.717) is 0 Å². The summed E-state index contributed by atoms with van der Waals surface area (Å²) in [5.41, 5.74) is 1.27. The second-order valence-electron chi connectivity index (χ2n) is 6.81. The monoisotopic (exact) mass is 318 g/mol. The molecule has 0 bridgehead atoms. The Bertz CT molecular complexity index is 518. The number of anilines is 1. The molecule has 0 aromatic heterocycles. The highest BCUT2D eigenvalue weighted by molar-refractivity contribution is 5.51. The van der Waals surface area contributed by atoms with E-state index in [4.69, 9.17) is 0 Å². The van der Waals surface area contributed by atoms with Gasteiger partial charge >= 0.3 is 0 Å². The van der Waals surface area contributed by atoms with E-state index < -0.39 is 0 Å². The van der Waals surface area contributed by atoms with Gasteiger partial charge in [-0.25, -0.2) is 0 Å². The molecule has 126 valence electrons. The third kappa shape index (κ3) is 4.20. The molecule has 0 spiro atoms. The van der Waals surface area contributed by atoms with Gasteiger partial charge in [0.15, 0.2) is 0 Å². The standard InChI is InChI=1S/C17H26N4O2/c1-18-10-12-19(13-11-18)14-15-6-8-20(9-7-15)16-2-4-17(5-3-16)21(22)23/h2-5,15H,6-14H2,1H3. The van der Waals surface area contributed by atoms with E-state index in [-0.39, 0.29) is 10.6 Å². The van der Waals surface area contributed by atoms with Gasteiger partial charge in [-0.3, -0.25) is 10.1 Å². The second kappa shape index (κ2) is 7.27. The number of nitrogens with zero attached hydrogens (tertiary/aromatic N) is 4. The lowest BCUT2D eigenvalue weighted by molar-refractivity contribution is -0.384. The molecule has 6 nitrogen and oxygen atoms in total. The molecule has 2 aliphatic rings. The van der Waals surface area contributed by atoms with Crippen molar-refractivity contribution in [2.75, 3.05) is 57.8 Å². The lowest BCUT2D eigenvalue weighted by atomic mass is 9.95. The van der Waals surface area contributed by atoms with Gasteiger partial charge in [-0.15, -0.1) is 0 Å². The van der Waals surface area contributed by atoms with Crippen LogP contribution in [0.1, 0.15) is 12.8 Å². The van der Waals surface area contributed by atoms with Crippen LogP contribution in [-0.4, -0.2) is 67.6 Å². The molecule has 2 aliphatic heterocycles. The molecular weight excluding hydrogens is 292 g/mol. The van der Waals surface area contributed by atoms with E-state index in [1.54, 1.807) is 12.1 Å². The first-order chi connectivity index (χ1) is 11.1. The topological polar surface area (TPSA) is 52.9 Å². The number of hydrogen-bond acceptors (Lipinski definition) is 5. The van der Waals surface area contributed by atoms with Crippen LogP contribution in [0.5, 0.6) is 0 Å². The van der Waals surface area contributed by atoms with Crippen molar-refractivity contribution in [1.82, 2.24) is 9.80 Å². The zero-order valence-corrected chi connectivity index (χ0v) is 13.9. The van der Waals surface area contributed by atoms with Crippen molar-refractivity contribution in [2.45, 2.75) is 12.8 Å². The van der Waals surface area contributed by atoms with E-state index in [1.807, 2.05) is 12.1 Å². The number of benzene rings is 1. The first-order valence-corrected chi connectivity index (χ1v) is 8.52. The van der Waals surface area contributed by atoms with Crippen LogP contribution < -0.4 is 4.90 Å². The van der Waals surface area contributed by atoms with Gasteiger partial charge in [-0.05, 0) is 37.9 Å². The Morgan fingerprint density at radius 2 is 1.65 bits per heavy atom. The molecule has 0 N–H and O–H groups in total. The molecule has 1 aromatic rings. The highest BCUT2D eigenvalue weighted by Crippen LogP contribution is 2.25. The normalized spacial score (nSPS) is 21.5. The molecule has 6 heteroatoms. The highest BCUT2D eigenvalue weighted by Gasteiger charge is 2.23. The minimum Gasteiger partial charge on any atom is -0.372 e. The summed E-state index contributed by atoms with van der Waals surface area (Å²) in [6.07, 6.45) is 2.42. The number of likely N-dealkylation sites (N-methyl/N-ethyl adjacent to an activating group) is 1. The number of piperazine rings is 1. The first kappa shape index (κ1) is 16.2. The average molecular weight is 318 g/mol. The van der Waals surface area contributed by atoms with Gasteiger partial charge in [-0.1, -0.05) is 0 Å². The SMILES string of the molecule is CN1CCN(CC2CCN(c3ccc([N+](=O)[O-])cc3)CC2)CC1. The maximum atomic E-state index is 10.7. The van der Waals surface area contributed by atoms with Gasteiger partial charge in [0.1, 0.15) is 0 Å². The number of nitro benzene ring substituents is 1. The lowest BCUT2D eigenvalue weighted by Gasteiger charge is -2.38. The molecule has 0 unspecified atom stereocenters. The molecule has 0 saturated carbocycles. The lowest BCUT2D eigenvalue weighted by Crippen LogP contribution is -2.47. The molecule has 0 amide bonds. The zero-order valence-electron chi connectivity index (χ0n) is 13.9. The van der Waals surface area contributed by atoms with Gasteiger partial charge in [0, 0.05) is 63.6 Å². The first-order valence-electron chi connectivity index (χ1n) is 8.52. The minimum absolute atomic E-state index is 0.165. The Hall–Kier alpha value is -1.66. The summed E-state index contributed by atoms with van der Waals surface area (Å²) in [6.45, 7) is 8.08. The number of nitro groups is 1. The maximum absolute atomic E-state index is 10.7. The van der Waals surface area contributed by atoms with Crippen LogP contribution in [0.4, 0.5) is 11.4 Å². The summed E-state index contributed by atoms with van der Waals surface area (Å²) in [4.78, 5) is 17.7. The predicted molar refractivity (Wildman–Crippen MR) is 92.0 cm³/mol. The maximum Gasteiger partial charge on any atom is 0.269 e. The molecule has 2 fully saturated rings. The van der Waals surface area contributed by atoms with Crippen LogP contribution in [0, 0.1) is 16.0 Å². The number of rotatable bonds is 4. The fraction of sp³-hybridized carbons (Fsp3) is 0.647. The van der Waals surface area contributed by atoms with Crippen molar-refractivity contribution in [3.8, 4) is 0 Å². The number of piperidine rings is 1. The summed E-state index contributed by atoms with van der Waals surface area (Å²) < 4.78 is 0. The smallest absolute Gasteiger partial charge is 0.269 e.